The number of anilines is 1. The van der Waals surface area contributed by atoms with Crippen molar-refractivity contribution in [2.24, 2.45) is 5.73 Å². The van der Waals surface area contributed by atoms with E-state index >= 15 is 0 Å². The summed E-state index contributed by atoms with van der Waals surface area (Å²) in [7, 11) is 0. The summed E-state index contributed by atoms with van der Waals surface area (Å²) in [5.74, 6) is 0.879. The first-order chi connectivity index (χ1) is 6.25. The van der Waals surface area contributed by atoms with Gasteiger partial charge in [-0.05, 0) is 19.8 Å². The standard InChI is InChI=1S/C9H15N3O/c1-7-6-9(13-11-7)12-4-2-8(10)3-5-12/h6,8H,2-5,10H2,1H3. The van der Waals surface area contributed by atoms with Crippen LogP contribution in [0.4, 0.5) is 5.88 Å². The lowest BCUT2D eigenvalue weighted by Gasteiger charge is -2.29. The molecular formula is C9H15N3O. The van der Waals surface area contributed by atoms with Crippen LogP contribution >= 0.6 is 0 Å². The van der Waals surface area contributed by atoms with E-state index in [1.54, 1.807) is 0 Å². The monoisotopic (exact) mass is 181 g/mol. The summed E-state index contributed by atoms with van der Waals surface area (Å²) in [6, 6.07) is 2.33. The number of rotatable bonds is 1. The fourth-order valence-electron chi connectivity index (χ4n) is 1.62. The minimum atomic E-state index is 0.361. The predicted molar refractivity (Wildman–Crippen MR) is 50.7 cm³/mol. The molecule has 0 atom stereocenters. The second kappa shape index (κ2) is 3.38. The van der Waals surface area contributed by atoms with Crippen molar-refractivity contribution in [2.75, 3.05) is 18.0 Å². The molecular weight excluding hydrogens is 166 g/mol. The van der Waals surface area contributed by atoms with Crippen LogP contribution in [0.3, 0.4) is 0 Å². The summed E-state index contributed by atoms with van der Waals surface area (Å²) in [5.41, 5.74) is 6.74. The van der Waals surface area contributed by atoms with E-state index in [9.17, 15) is 0 Å². The van der Waals surface area contributed by atoms with Gasteiger partial charge in [-0.15, -0.1) is 0 Å². The van der Waals surface area contributed by atoms with Crippen molar-refractivity contribution in [3.63, 3.8) is 0 Å². The van der Waals surface area contributed by atoms with E-state index in [-0.39, 0.29) is 0 Å². The third kappa shape index (κ3) is 1.83. The van der Waals surface area contributed by atoms with Gasteiger partial charge >= 0.3 is 0 Å². The van der Waals surface area contributed by atoms with Gasteiger partial charge in [-0.3, -0.25) is 0 Å². The summed E-state index contributed by atoms with van der Waals surface area (Å²) >= 11 is 0. The van der Waals surface area contributed by atoms with Crippen molar-refractivity contribution >= 4 is 5.88 Å². The van der Waals surface area contributed by atoms with Crippen LogP contribution in [-0.4, -0.2) is 24.3 Å². The van der Waals surface area contributed by atoms with Gasteiger partial charge < -0.3 is 15.2 Å². The molecule has 0 radical (unpaired) electrons. The third-order valence-electron chi connectivity index (χ3n) is 2.47. The van der Waals surface area contributed by atoms with E-state index in [0.29, 0.717) is 6.04 Å². The van der Waals surface area contributed by atoms with Crippen molar-refractivity contribution in [1.29, 1.82) is 0 Å². The molecule has 1 fully saturated rings. The van der Waals surface area contributed by atoms with Crippen molar-refractivity contribution in [2.45, 2.75) is 25.8 Å². The van der Waals surface area contributed by atoms with E-state index in [4.69, 9.17) is 10.3 Å². The van der Waals surface area contributed by atoms with E-state index in [1.807, 2.05) is 13.0 Å². The van der Waals surface area contributed by atoms with Gasteiger partial charge in [-0.1, -0.05) is 5.16 Å². The van der Waals surface area contributed by atoms with Gasteiger partial charge in [0.15, 0.2) is 0 Å². The molecule has 0 aromatic carbocycles. The van der Waals surface area contributed by atoms with Crippen molar-refractivity contribution in [3.8, 4) is 0 Å². The average Bonchev–Trinajstić information content (AvgIpc) is 2.53. The highest BCUT2D eigenvalue weighted by molar-refractivity contribution is 5.36. The number of nitrogens with zero attached hydrogens (tertiary/aromatic N) is 2. The quantitative estimate of drug-likeness (QED) is 0.699. The van der Waals surface area contributed by atoms with Crippen LogP contribution in [0.15, 0.2) is 10.6 Å². The molecule has 1 aromatic rings. The largest absolute Gasteiger partial charge is 0.341 e. The summed E-state index contributed by atoms with van der Waals surface area (Å²) < 4.78 is 5.17. The molecule has 1 aliphatic heterocycles. The predicted octanol–water partition coefficient (Wildman–Crippen LogP) is 0.911. The SMILES string of the molecule is Cc1cc(N2CCC(N)CC2)on1. The maximum Gasteiger partial charge on any atom is 0.227 e. The van der Waals surface area contributed by atoms with Gasteiger partial charge in [-0.2, -0.15) is 0 Å². The van der Waals surface area contributed by atoms with Crippen molar-refractivity contribution in [3.05, 3.63) is 11.8 Å². The van der Waals surface area contributed by atoms with Gasteiger partial charge in [0, 0.05) is 25.2 Å². The van der Waals surface area contributed by atoms with Gasteiger partial charge in [0.05, 0.1) is 5.69 Å². The smallest absolute Gasteiger partial charge is 0.227 e. The van der Waals surface area contributed by atoms with E-state index < -0.39 is 0 Å². The maximum absolute atomic E-state index is 5.81. The topological polar surface area (TPSA) is 55.3 Å². The molecule has 1 aliphatic rings. The van der Waals surface area contributed by atoms with Gasteiger partial charge in [0.25, 0.3) is 0 Å². The molecule has 1 aromatic heterocycles. The number of nitrogens with two attached hydrogens (primary N) is 1. The van der Waals surface area contributed by atoms with Crippen LogP contribution in [-0.2, 0) is 0 Å². The summed E-state index contributed by atoms with van der Waals surface area (Å²) in [5, 5.41) is 3.86. The Bertz CT molecular complexity index is 276. The lowest BCUT2D eigenvalue weighted by atomic mass is 10.1. The molecule has 2 heterocycles. The highest BCUT2D eigenvalue weighted by atomic mass is 16.5. The van der Waals surface area contributed by atoms with Crippen LogP contribution in [0.25, 0.3) is 0 Å². The molecule has 4 nitrogen and oxygen atoms in total. The Kier molecular flexibility index (Phi) is 2.22. The molecule has 13 heavy (non-hydrogen) atoms. The van der Waals surface area contributed by atoms with Crippen LogP contribution in [0, 0.1) is 6.92 Å². The summed E-state index contributed by atoms with van der Waals surface area (Å²) in [4.78, 5) is 2.20. The highest BCUT2D eigenvalue weighted by Crippen LogP contribution is 2.19. The second-order valence-corrected chi connectivity index (χ2v) is 3.63. The van der Waals surface area contributed by atoms with Gasteiger partial charge in [-0.25, -0.2) is 0 Å². The fraction of sp³-hybridized carbons (Fsp3) is 0.667. The number of hydrogen-bond acceptors (Lipinski definition) is 4. The van der Waals surface area contributed by atoms with E-state index in [1.165, 1.54) is 0 Å². The fourth-order valence-corrected chi connectivity index (χ4v) is 1.62. The zero-order chi connectivity index (χ0) is 9.26. The molecule has 0 amide bonds. The summed E-state index contributed by atoms with van der Waals surface area (Å²) in [6.07, 6.45) is 2.08. The number of aromatic nitrogens is 1. The average molecular weight is 181 g/mol. The minimum Gasteiger partial charge on any atom is -0.341 e. The molecule has 72 valence electrons. The van der Waals surface area contributed by atoms with Crippen LogP contribution in [0.2, 0.25) is 0 Å². The number of hydrogen-bond donors (Lipinski definition) is 1. The molecule has 2 N–H and O–H groups in total. The molecule has 0 spiro atoms. The zero-order valence-corrected chi connectivity index (χ0v) is 7.86. The number of piperidine rings is 1. The Hall–Kier alpha value is -1.03. The van der Waals surface area contributed by atoms with Crippen LogP contribution in [0.1, 0.15) is 18.5 Å². The molecule has 0 bridgehead atoms. The van der Waals surface area contributed by atoms with Gasteiger partial charge in [0.1, 0.15) is 0 Å². The Morgan fingerprint density at radius 3 is 2.77 bits per heavy atom. The first-order valence-electron chi connectivity index (χ1n) is 4.69. The lowest BCUT2D eigenvalue weighted by molar-refractivity contribution is 0.393. The van der Waals surface area contributed by atoms with Crippen LogP contribution in [0.5, 0.6) is 0 Å². The first kappa shape index (κ1) is 8.56. The molecule has 4 heteroatoms. The first-order valence-corrected chi connectivity index (χ1v) is 4.69. The van der Waals surface area contributed by atoms with E-state index in [0.717, 1.165) is 37.5 Å². The van der Waals surface area contributed by atoms with Crippen LogP contribution < -0.4 is 10.6 Å². The Balaban J connectivity index is 2.02. The Morgan fingerprint density at radius 1 is 1.54 bits per heavy atom. The lowest BCUT2D eigenvalue weighted by Crippen LogP contribution is -2.39. The Morgan fingerprint density at radius 2 is 2.23 bits per heavy atom. The highest BCUT2D eigenvalue weighted by Gasteiger charge is 2.18. The third-order valence-corrected chi connectivity index (χ3v) is 2.47. The van der Waals surface area contributed by atoms with Gasteiger partial charge in [0.2, 0.25) is 5.88 Å². The molecule has 0 aliphatic carbocycles. The molecule has 2 rings (SSSR count). The maximum atomic E-state index is 5.81. The Labute approximate surface area is 77.7 Å². The minimum absolute atomic E-state index is 0.361. The number of aryl methyl sites for hydroxylation is 1. The normalized spacial score (nSPS) is 19.4. The molecule has 0 saturated carbocycles. The zero-order valence-electron chi connectivity index (χ0n) is 7.86. The van der Waals surface area contributed by atoms with Crippen molar-refractivity contribution < 1.29 is 4.52 Å². The molecule has 1 saturated heterocycles. The molecule has 0 unspecified atom stereocenters. The van der Waals surface area contributed by atoms with Crippen molar-refractivity contribution in [1.82, 2.24) is 5.16 Å². The second-order valence-electron chi connectivity index (χ2n) is 3.63. The summed E-state index contributed by atoms with van der Waals surface area (Å²) in [6.45, 7) is 3.90. The van der Waals surface area contributed by atoms with E-state index in [2.05, 4.69) is 10.1 Å².